The Morgan fingerprint density at radius 1 is 1.23 bits per heavy atom. The number of cyclic esters (lactones) is 1. The molecule has 3 aliphatic heterocycles. The van der Waals surface area contributed by atoms with Crippen molar-refractivity contribution in [1.82, 2.24) is 20.2 Å². The van der Waals surface area contributed by atoms with E-state index in [4.69, 9.17) is 29.5 Å². The summed E-state index contributed by atoms with van der Waals surface area (Å²) >= 11 is 5.00. The zero-order valence-corrected chi connectivity index (χ0v) is 28.8. The van der Waals surface area contributed by atoms with Gasteiger partial charge in [-0.3, -0.25) is 14.5 Å². The number of nitrogens with two attached hydrogens (primary N) is 1. The van der Waals surface area contributed by atoms with Gasteiger partial charge in [-0.25, -0.2) is 19.6 Å². The number of oxime groups is 1. The number of aromatic nitrogens is 2. The molecule has 5 heterocycles. The van der Waals surface area contributed by atoms with Crippen LogP contribution >= 0.6 is 46.2 Å². The minimum absolute atomic E-state index is 0.122. The number of hydrogen-bond donors (Lipinski definition) is 3. The molecule has 20 heteroatoms. The lowest BCUT2D eigenvalue weighted by molar-refractivity contribution is -0.148. The minimum Gasteiger partial charge on any atom is -0.493 e. The van der Waals surface area contributed by atoms with E-state index in [1.807, 2.05) is 0 Å². The molecule has 2 aromatic heterocycles. The first-order chi connectivity index (χ1) is 23.0. The van der Waals surface area contributed by atoms with Gasteiger partial charge in [0.15, 0.2) is 26.7 Å². The average molecular weight is 735 g/mol. The Balaban J connectivity index is 1.19. The normalized spacial score (nSPS) is 21.6. The predicted molar refractivity (Wildman–Crippen MR) is 175 cm³/mol. The van der Waals surface area contributed by atoms with Gasteiger partial charge in [0.1, 0.15) is 24.2 Å². The molecule has 6 rings (SSSR count). The van der Waals surface area contributed by atoms with E-state index in [-0.39, 0.29) is 28.2 Å². The Bertz CT molecular complexity index is 1890. The number of methoxy groups -OCH3 is 2. The number of benzene rings is 1. The van der Waals surface area contributed by atoms with E-state index in [1.165, 1.54) is 66.5 Å². The van der Waals surface area contributed by atoms with Gasteiger partial charge in [0.2, 0.25) is 5.88 Å². The minimum atomic E-state index is -1.59. The highest BCUT2D eigenvalue weighted by atomic mass is 32.2. The molecule has 2 saturated heterocycles. The van der Waals surface area contributed by atoms with Crippen molar-refractivity contribution in [2.45, 2.75) is 28.3 Å². The van der Waals surface area contributed by atoms with Gasteiger partial charge in [-0.15, -0.1) is 34.4 Å². The molecule has 3 aromatic rings. The topological polar surface area (TPSA) is 217 Å². The zero-order chi connectivity index (χ0) is 34.3. The van der Waals surface area contributed by atoms with Gasteiger partial charge >= 0.3 is 12.1 Å². The van der Waals surface area contributed by atoms with E-state index >= 15 is 0 Å². The van der Waals surface area contributed by atoms with Crippen LogP contribution in [0.15, 0.2) is 44.5 Å². The second-order valence-corrected chi connectivity index (χ2v) is 14.4. The summed E-state index contributed by atoms with van der Waals surface area (Å²) < 4.78 is 22.0. The Labute approximate surface area is 288 Å². The molecule has 2 fully saturated rings. The molecule has 0 spiro atoms. The second kappa shape index (κ2) is 13.2. The third-order valence-corrected chi connectivity index (χ3v) is 11.9. The summed E-state index contributed by atoms with van der Waals surface area (Å²) in [6.45, 7) is 1.77. The maximum atomic E-state index is 13.3. The summed E-state index contributed by atoms with van der Waals surface area (Å²) in [6, 6.07) is 4.12. The van der Waals surface area contributed by atoms with Crippen LogP contribution in [0.5, 0.6) is 11.5 Å². The number of thioether (sulfide) groups is 2. The number of carbonyl (C=O) groups is 4. The highest BCUT2D eigenvalue weighted by Gasteiger charge is 2.63. The van der Waals surface area contributed by atoms with E-state index in [0.717, 1.165) is 11.3 Å². The number of ether oxygens (including phenoxy) is 4. The van der Waals surface area contributed by atoms with Gasteiger partial charge in [0.25, 0.3) is 17.4 Å². The van der Waals surface area contributed by atoms with E-state index in [9.17, 15) is 24.3 Å². The van der Waals surface area contributed by atoms with E-state index in [1.54, 1.807) is 25.1 Å². The molecule has 3 aliphatic rings. The summed E-state index contributed by atoms with van der Waals surface area (Å²) in [4.78, 5) is 66.0. The number of anilines is 1. The number of amides is 2. The fourth-order valence-corrected chi connectivity index (χ4v) is 9.46. The molecule has 4 N–H and O–H groups in total. The molecule has 1 unspecified atom stereocenters. The molecular weight excluding hydrogens is 709 g/mol. The van der Waals surface area contributed by atoms with E-state index in [2.05, 4.69) is 20.4 Å². The van der Waals surface area contributed by atoms with Crippen LogP contribution < -0.4 is 20.5 Å². The lowest BCUT2D eigenvalue weighted by Crippen LogP contribution is -2.70. The first kappa shape index (κ1) is 33.4. The predicted octanol–water partition coefficient (Wildman–Crippen LogP) is 2.76. The molecule has 0 bridgehead atoms. The molecule has 0 aliphatic carbocycles. The van der Waals surface area contributed by atoms with Crippen molar-refractivity contribution >= 4 is 81.0 Å². The van der Waals surface area contributed by atoms with Gasteiger partial charge < -0.3 is 39.9 Å². The number of thiazole rings is 2. The van der Waals surface area contributed by atoms with Gasteiger partial charge in [0.05, 0.1) is 24.8 Å². The Kier molecular flexibility index (Phi) is 9.16. The van der Waals surface area contributed by atoms with Gasteiger partial charge in [-0.1, -0.05) is 23.0 Å². The molecule has 16 nitrogen and oxygen atoms in total. The van der Waals surface area contributed by atoms with Crippen LogP contribution in [-0.2, 0) is 34.3 Å². The number of hydrogen-bond acceptors (Lipinski definition) is 17. The Hall–Kier alpha value is -4.53. The summed E-state index contributed by atoms with van der Waals surface area (Å²) in [5.74, 6) is -0.368. The monoisotopic (exact) mass is 734 g/mol. The van der Waals surface area contributed by atoms with Crippen LogP contribution in [0.3, 0.4) is 0 Å². The number of nitrogens with one attached hydrogen (secondary N) is 1. The molecule has 2 amide bonds. The third kappa shape index (κ3) is 5.88. The van der Waals surface area contributed by atoms with Crippen molar-refractivity contribution in [3.63, 3.8) is 0 Å². The first-order valence-corrected chi connectivity index (χ1v) is 17.5. The molecule has 0 saturated carbocycles. The average Bonchev–Trinajstić information content (AvgIpc) is 3.33. The largest absolute Gasteiger partial charge is 0.512 e. The first-order valence-electron chi connectivity index (χ1n) is 13.8. The second-order valence-electron chi connectivity index (χ2n) is 10.2. The molecule has 1 aromatic carbocycles. The molecule has 252 valence electrons. The zero-order valence-electron chi connectivity index (χ0n) is 25.5. The molecule has 0 radical (unpaired) electrons. The van der Waals surface area contributed by atoms with Crippen LogP contribution in [-0.4, -0.2) is 93.9 Å². The fourth-order valence-electron chi connectivity index (χ4n) is 5.14. The number of nitrogens with zero attached hydrogens (tertiary/aromatic N) is 4. The number of carbonyl (C=O) groups excluding carboxylic acids is 3. The van der Waals surface area contributed by atoms with E-state index in [0.29, 0.717) is 43.3 Å². The standard InChI is InChI=1S/C28H26N6O10S4/c1-11-19(28(24(37)44-28)13-5-6-15(40-2)16(7-13)41-3)48-26(30-11)47-9-12-8-45-23-18(21(36)34(23)22(12)43-27(38)39)32-20(35)17(33-42-4)14-10-46-25(29)31-14/h5-7,10,18,23H,8-9H2,1-4H3,(H2,29,31)(H,32,35)(H,38,39)/t18-,23+,28?/m1/s1. The SMILES string of the molecule is CON=C(C(=O)N[C@@H]1C(=O)N2C(OC(=O)O)=C(CSc3nc(C)c(C4(c5ccc(OC)c(OC)c5)OC4=O)s3)CS[C@@H]12)c1csc(N)n1. The van der Waals surface area contributed by atoms with Crippen LogP contribution in [0.1, 0.15) is 21.8 Å². The fraction of sp³-hybridized carbons (Fsp3) is 0.321. The molecule has 3 atom stereocenters. The number of nitrogen functional groups attached to an aromatic ring is 1. The lowest BCUT2D eigenvalue weighted by Gasteiger charge is -2.49. The Morgan fingerprint density at radius 3 is 2.60 bits per heavy atom. The maximum absolute atomic E-state index is 13.3. The summed E-state index contributed by atoms with van der Waals surface area (Å²) in [5, 5.41) is 17.0. The van der Waals surface area contributed by atoms with Crippen molar-refractivity contribution in [2.24, 2.45) is 5.16 Å². The van der Waals surface area contributed by atoms with E-state index < -0.39 is 41.0 Å². The summed E-state index contributed by atoms with van der Waals surface area (Å²) in [5.41, 5.74) is 6.06. The number of β-lactam (4-membered cyclic amide) rings is 1. The highest BCUT2D eigenvalue weighted by molar-refractivity contribution is 8.01. The highest BCUT2D eigenvalue weighted by Crippen LogP contribution is 2.52. The summed E-state index contributed by atoms with van der Waals surface area (Å²) in [7, 11) is 4.28. The lowest BCUT2D eigenvalue weighted by atomic mass is 9.96. The quantitative estimate of drug-likeness (QED) is 0.0609. The van der Waals surface area contributed by atoms with Crippen LogP contribution in [0, 0.1) is 6.92 Å². The maximum Gasteiger partial charge on any atom is 0.512 e. The van der Waals surface area contributed by atoms with Gasteiger partial charge in [0, 0.05) is 28.0 Å². The number of epoxide rings is 1. The summed E-state index contributed by atoms with van der Waals surface area (Å²) in [6.07, 6.45) is -1.59. The number of aryl methyl sites for hydroxylation is 1. The van der Waals surface area contributed by atoms with Crippen LogP contribution in [0.25, 0.3) is 0 Å². The van der Waals surface area contributed by atoms with Crippen LogP contribution in [0.4, 0.5) is 9.93 Å². The van der Waals surface area contributed by atoms with Crippen molar-refractivity contribution in [1.29, 1.82) is 0 Å². The number of rotatable bonds is 12. The van der Waals surface area contributed by atoms with Crippen molar-refractivity contribution in [3.8, 4) is 11.5 Å². The van der Waals surface area contributed by atoms with Gasteiger partial charge in [-0.05, 0) is 19.1 Å². The molecule has 48 heavy (non-hydrogen) atoms. The number of carboxylic acid groups (broad SMARTS) is 1. The van der Waals surface area contributed by atoms with Crippen molar-refractivity contribution in [3.05, 3.63) is 56.9 Å². The number of fused-ring (bicyclic) bond motifs is 1. The third-order valence-electron chi connectivity index (χ3n) is 7.37. The smallest absolute Gasteiger partial charge is 0.493 e. The van der Waals surface area contributed by atoms with Gasteiger partial charge in [-0.2, -0.15) is 0 Å². The van der Waals surface area contributed by atoms with Crippen LogP contribution in [0.2, 0.25) is 0 Å². The van der Waals surface area contributed by atoms with Crippen molar-refractivity contribution < 1.29 is 48.1 Å². The Morgan fingerprint density at radius 2 is 1.98 bits per heavy atom. The van der Waals surface area contributed by atoms with Crippen molar-refractivity contribution in [2.75, 3.05) is 38.6 Å². The molecular formula is C28H26N6O10S4.